The zero-order chi connectivity index (χ0) is 12.4. The van der Waals surface area contributed by atoms with Crippen molar-refractivity contribution in [1.29, 1.82) is 0 Å². The van der Waals surface area contributed by atoms with Gasteiger partial charge in [0.05, 0.1) is 11.4 Å². The van der Waals surface area contributed by atoms with E-state index in [1.165, 1.54) is 10.7 Å². The zero-order valence-electron chi connectivity index (χ0n) is 9.45. The second-order valence-corrected chi connectivity index (χ2v) is 3.82. The molecule has 2 N–H and O–H groups in total. The highest BCUT2D eigenvalue weighted by Crippen LogP contribution is 2.15. The van der Waals surface area contributed by atoms with Crippen LogP contribution in [0.5, 0.6) is 0 Å². The monoisotopic (exact) mass is 237 g/mol. The number of nitrogens with two attached hydrogens (primary N) is 1. The van der Waals surface area contributed by atoms with Gasteiger partial charge in [0.25, 0.3) is 0 Å². The van der Waals surface area contributed by atoms with Gasteiger partial charge in [-0.3, -0.25) is 0 Å². The van der Waals surface area contributed by atoms with Crippen molar-refractivity contribution in [1.82, 2.24) is 9.78 Å². The Morgan fingerprint density at radius 2 is 2.06 bits per heavy atom. The summed E-state index contributed by atoms with van der Waals surface area (Å²) in [6, 6.07) is 3.69. The molecule has 0 amide bonds. The summed E-state index contributed by atoms with van der Waals surface area (Å²) in [7, 11) is 0. The first-order chi connectivity index (χ1) is 8.11. The smallest absolute Gasteiger partial charge is 0.160 e. The molecule has 0 spiro atoms. The molecular weight excluding hydrogens is 224 g/mol. The van der Waals surface area contributed by atoms with Crippen molar-refractivity contribution in [3.05, 3.63) is 47.3 Å². The standard InChI is InChI=1S/C12H13F2N3/c1-8-9(4-5-15)7-17(16-8)10-2-3-11(13)12(14)6-10/h2-3,6-7H,4-5,15H2,1H3. The maximum Gasteiger partial charge on any atom is 0.160 e. The van der Waals surface area contributed by atoms with Gasteiger partial charge in [0.2, 0.25) is 0 Å². The largest absolute Gasteiger partial charge is 0.330 e. The van der Waals surface area contributed by atoms with E-state index in [9.17, 15) is 8.78 Å². The van der Waals surface area contributed by atoms with E-state index in [0.29, 0.717) is 12.2 Å². The van der Waals surface area contributed by atoms with Crippen molar-refractivity contribution in [2.75, 3.05) is 6.54 Å². The van der Waals surface area contributed by atoms with E-state index in [4.69, 9.17) is 5.73 Å². The lowest BCUT2D eigenvalue weighted by Crippen LogP contribution is -2.02. The summed E-state index contributed by atoms with van der Waals surface area (Å²) in [6.07, 6.45) is 2.50. The van der Waals surface area contributed by atoms with Gasteiger partial charge in [-0.1, -0.05) is 0 Å². The van der Waals surface area contributed by atoms with Crippen molar-refractivity contribution >= 4 is 0 Å². The molecule has 1 aromatic carbocycles. The first-order valence-corrected chi connectivity index (χ1v) is 5.32. The lowest BCUT2D eigenvalue weighted by atomic mass is 10.2. The Bertz CT molecular complexity index is 535. The molecule has 2 aromatic rings. The number of aryl methyl sites for hydroxylation is 1. The fraction of sp³-hybridized carbons (Fsp3) is 0.250. The summed E-state index contributed by atoms with van der Waals surface area (Å²) in [5.74, 6) is -1.74. The van der Waals surface area contributed by atoms with Gasteiger partial charge < -0.3 is 5.73 Å². The number of halogens is 2. The Hall–Kier alpha value is -1.75. The van der Waals surface area contributed by atoms with Gasteiger partial charge in [-0.05, 0) is 37.6 Å². The lowest BCUT2D eigenvalue weighted by molar-refractivity contribution is 0.507. The van der Waals surface area contributed by atoms with Gasteiger partial charge >= 0.3 is 0 Å². The van der Waals surface area contributed by atoms with Gasteiger partial charge in [-0.2, -0.15) is 5.10 Å². The minimum Gasteiger partial charge on any atom is -0.330 e. The normalized spacial score (nSPS) is 10.8. The Kier molecular flexibility index (Phi) is 3.19. The molecule has 2 rings (SSSR count). The number of hydrogen-bond donors (Lipinski definition) is 1. The van der Waals surface area contributed by atoms with Crippen LogP contribution in [0.4, 0.5) is 8.78 Å². The lowest BCUT2D eigenvalue weighted by Gasteiger charge is -2.01. The second kappa shape index (κ2) is 4.63. The predicted molar refractivity (Wildman–Crippen MR) is 61.0 cm³/mol. The highest BCUT2D eigenvalue weighted by Gasteiger charge is 2.08. The molecule has 3 nitrogen and oxygen atoms in total. The number of nitrogens with zero attached hydrogens (tertiary/aromatic N) is 2. The Morgan fingerprint density at radius 3 is 2.71 bits per heavy atom. The van der Waals surface area contributed by atoms with Crippen molar-refractivity contribution in [2.24, 2.45) is 5.73 Å². The van der Waals surface area contributed by atoms with Crippen LogP contribution in [0.25, 0.3) is 5.69 Å². The van der Waals surface area contributed by atoms with Crippen LogP contribution in [0, 0.1) is 18.6 Å². The topological polar surface area (TPSA) is 43.8 Å². The predicted octanol–water partition coefficient (Wildman–Crippen LogP) is 1.96. The van der Waals surface area contributed by atoms with Gasteiger partial charge in [0.15, 0.2) is 11.6 Å². The van der Waals surface area contributed by atoms with Crippen molar-refractivity contribution < 1.29 is 8.78 Å². The summed E-state index contributed by atoms with van der Waals surface area (Å²) in [4.78, 5) is 0. The van der Waals surface area contributed by atoms with E-state index in [2.05, 4.69) is 5.10 Å². The number of benzene rings is 1. The van der Waals surface area contributed by atoms with E-state index >= 15 is 0 Å². The fourth-order valence-electron chi connectivity index (χ4n) is 1.66. The Balaban J connectivity index is 2.39. The SMILES string of the molecule is Cc1nn(-c2ccc(F)c(F)c2)cc1CCN. The van der Waals surface area contributed by atoms with E-state index in [1.54, 1.807) is 6.20 Å². The Morgan fingerprint density at radius 1 is 1.29 bits per heavy atom. The van der Waals surface area contributed by atoms with E-state index in [0.717, 1.165) is 29.8 Å². The molecule has 5 heteroatoms. The van der Waals surface area contributed by atoms with E-state index < -0.39 is 11.6 Å². The maximum atomic E-state index is 13.1. The minimum atomic E-state index is -0.879. The van der Waals surface area contributed by atoms with E-state index in [1.807, 2.05) is 6.92 Å². The molecule has 1 aromatic heterocycles. The van der Waals surface area contributed by atoms with E-state index in [-0.39, 0.29) is 0 Å². The van der Waals surface area contributed by atoms with Crippen LogP contribution in [0.1, 0.15) is 11.3 Å². The quantitative estimate of drug-likeness (QED) is 0.886. The van der Waals surface area contributed by atoms with Gasteiger partial charge in [0, 0.05) is 12.3 Å². The molecule has 0 aliphatic rings. The third kappa shape index (κ3) is 2.34. The molecule has 0 aliphatic heterocycles. The summed E-state index contributed by atoms with van der Waals surface area (Å²) < 4.78 is 27.4. The van der Waals surface area contributed by atoms with Crippen molar-refractivity contribution in [3.8, 4) is 5.69 Å². The van der Waals surface area contributed by atoms with Crippen molar-refractivity contribution in [2.45, 2.75) is 13.3 Å². The summed E-state index contributed by atoms with van der Waals surface area (Å²) in [5.41, 5.74) is 7.83. The van der Waals surface area contributed by atoms with Crippen LogP contribution in [-0.2, 0) is 6.42 Å². The zero-order valence-corrected chi connectivity index (χ0v) is 9.45. The molecule has 1 heterocycles. The molecule has 17 heavy (non-hydrogen) atoms. The maximum absolute atomic E-state index is 13.1. The molecule has 0 aliphatic carbocycles. The number of hydrogen-bond acceptors (Lipinski definition) is 2. The summed E-state index contributed by atoms with van der Waals surface area (Å²) in [5, 5.41) is 4.24. The number of rotatable bonds is 3. The molecular formula is C12H13F2N3. The first kappa shape index (κ1) is 11.7. The Labute approximate surface area is 97.9 Å². The van der Waals surface area contributed by atoms with Gasteiger partial charge in [-0.15, -0.1) is 0 Å². The molecule has 0 saturated heterocycles. The van der Waals surface area contributed by atoms with Gasteiger partial charge in [0.1, 0.15) is 0 Å². The summed E-state index contributed by atoms with van der Waals surface area (Å²) >= 11 is 0. The molecule has 90 valence electrons. The highest BCUT2D eigenvalue weighted by atomic mass is 19.2. The fourth-order valence-corrected chi connectivity index (χ4v) is 1.66. The molecule has 0 unspecified atom stereocenters. The van der Waals surface area contributed by atoms with Gasteiger partial charge in [-0.25, -0.2) is 13.5 Å². The van der Waals surface area contributed by atoms with Crippen LogP contribution in [-0.4, -0.2) is 16.3 Å². The van der Waals surface area contributed by atoms with Crippen LogP contribution >= 0.6 is 0 Å². The summed E-state index contributed by atoms with van der Waals surface area (Å²) in [6.45, 7) is 2.39. The first-order valence-electron chi connectivity index (χ1n) is 5.32. The average molecular weight is 237 g/mol. The van der Waals surface area contributed by atoms with Crippen LogP contribution in [0.2, 0.25) is 0 Å². The van der Waals surface area contributed by atoms with Crippen LogP contribution in [0.15, 0.2) is 24.4 Å². The molecule has 0 atom stereocenters. The molecule has 0 fully saturated rings. The molecule has 0 saturated carbocycles. The third-order valence-corrected chi connectivity index (χ3v) is 2.58. The molecule has 0 bridgehead atoms. The van der Waals surface area contributed by atoms with Crippen LogP contribution in [0.3, 0.4) is 0 Å². The van der Waals surface area contributed by atoms with Crippen LogP contribution < -0.4 is 5.73 Å². The molecule has 0 radical (unpaired) electrons. The number of aromatic nitrogens is 2. The van der Waals surface area contributed by atoms with Crippen molar-refractivity contribution in [3.63, 3.8) is 0 Å². The minimum absolute atomic E-state index is 0.496. The third-order valence-electron chi connectivity index (χ3n) is 2.58. The average Bonchev–Trinajstić information content (AvgIpc) is 2.65. The second-order valence-electron chi connectivity index (χ2n) is 3.82. The highest BCUT2D eigenvalue weighted by molar-refractivity contribution is 5.33.